The number of nitrogens with two attached hydrogens (primary N) is 1. The average molecular weight is 321 g/mol. The fraction of sp³-hybridized carbons (Fsp3) is 0.0833. The van der Waals surface area contributed by atoms with Crippen LogP contribution in [0.1, 0.15) is 10.5 Å². The summed E-state index contributed by atoms with van der Waals surface area (Å²) < 4.78 is 0. The third-order valence-electron chi connectivity index (χ3n) is 2.52. The van der Waals surface area contributed by atoms with E-state index in [0.29, 0.717) is 0 Å². The van der Waals surface area contributed by atoms with E-state index < -0.39 is 17.8 Å². The van der Waals surface area contributed by atoms with Crippen molar-refractivity contribution in [1.29, 1.82) is 0 Å². The summed E-state index contributed by atoms with van der Waals surface area (Å²) in [5, 5.41) is 8.96. The maximum Gasteiger partial charge on any atom is 0.329 e. The zero-order valence-electron chi connectivity index (χ0n) is 11.1. The highest BCUT2D eigenvalue weighted by atomic mass is 32.2. The lowest BCUT2D eigenvalue weighted by atomic mass is 10.4. The number of amidine groups is 1. The molecule has 0 spiro atoms. The maximum absolute atomic E-state index is 12.1. The second-order valence-corrected chi connectivity index (χ2v) is 5.02. The van der Waals surface area contributed by atoms with Crippen molar-refractivity contribution in [2.24, 2.45) is 10.7 Å². The van der Waals surface area contributed by atoms with Crippen LogP contribution in [0.2, 0.25) is 0 Å². The Morgan fingerprint density at radius 2 is 2.32 bits per heavy atom. The molecule has 0 unspecified atom stereocenters. The molecule has 1 fully saturated rings. The molecule has 0 atom stereocenters. The Bertz CT molecular complexity index is 721. The Hall–Kier alpha value is -2.88. The number of carbonyl (C=O) groups excluding carboxylic acids is 2. The topological polar surface area (TPSA) is 142 Å². The molecule has 2 heterocycles. The van der Waals surface area contributed by atoms with Gasteiger partial charge in [-0.05, 0) is 11.8 Å². The normalized spacial score (nSPS) is 18.2. The van der Waals surface area contributed by atoms with Gasteiger partial charge in [0.05, 0.1) is 11.2 Å². The third-order valence-corrected chi connectivity index (χ3v) is 3.53. The number of carboxylic acids is 1. The molecule has 10 heteroatoms. The van der Waals surface area contributed by atoms with Crippen LogP contribution in [0.5, 0.6) is 0 Å². The summed E-state index contributed by atoms with van der Waals surface area (Å²) in [6, 6.07) is 0. The van der Waals surface area contributed by atoms with E-state index in [1.165, 1.54) is 17.3 Å². The first-order valence-corrected chi connectivity index (χ1v) is 6.72. The van der Waals surface area contributed by atoms with Crippen molar-refractivity contribution in [2.75, 3.05) is 6.54 Å². The van der Waals surface area contributed by atoms with E-state index in [4.69, 9.17) is 10.8 Å². The number of nitrogens with zero attached hydrogens (tertiary/aromatic N) is 3. The molecule has 1 aliphatic heterocycles. The molecule has 1 aromatic heterocycles. The molecule has 1 aliphatic rings. The quantitative estimate of drug-likeness (QED) is 0.523. The molecular weight excluding hydrogens is 310 g/mol. The summed E-state index contributed by atoms with van der Waals surface area (Å²) in [6.07, 6.45) is 3.51. The molecule has 9 nitrogen and oxygen atoms in total. The smallest absolute Gasteiger partial charge is 0.329 e. The van der Waals surface area contributed by atoms with E-state index >= 15 is 0 Å². The van der Waals surface area contributed by atoms with Gasteiger partial charge in [-0.3, -0.25) is 14.5 Å². The van der Waals surface area contributed by atoms with Gasteiger partial charge in [-0.1, -0.05) is 6.08 Å². The van der Waals surface area contributed by atoms with E-state index in [1.54, 1.807) is 0 Å². The predicted octanol–water partition coefficient (Wildman–Crippen LogP) is 0.226. The fourth-order valence-electron chi connectivity index (χ4n) is 1.64. The van der Waals surface area contributed by atoms with Gasteiger partial charge in [0.25, 0.3) is 11.8 Å². The average Bonchev–Trinajstić information content (AvgIpc) is 2.99. The summed E-state index contributed by atoms with van der Waals surface area (Å²) in [6.45, 7) is 3.67. The molecule has 22 heavy (non-hydrogen) atoms. The highest BCUT2D eigenvalue weighted by Gasteiger charge is 2.33. The lowest BCUT2D eigenvalue weighted by Crippen LogP contribution is -2.29. The number of hydrogen-bond donors (Lipinski definition) is 3. The first kappa shape index (κ1) is 15.5. The van der Waals surface area contributed by atoms with Gasteiger partial charge >= 0.3 is 5.97 Å². The number of aromatic nitrogens is 2. The van der Waals surface area contributed by atoms with E-state index in [-0.39, 0.29) is 28.1 Å². The SMILES string of the molecule is C=CCN1C(=O)C(=CC(=O)O)SC1=Nc1nc[nH]c1C(N)=O. The summed E-state index contributed by atoms with van der Waals surface area (Å²) >= 11 is 0.867. The van der Waals surface area contributed by atoms with Crippen molar-refractivity contribution < 1.29 is 19.5 Å². The minimum absolute atomic E-state index is 0.00395. The molecule has 2 amide bonds. The molecule has 0 saturated carbocycles. The number of nitrogens with one attached hydrogen (secondary N) is 1. The number of thioether (sulfide) groups is 1. The van der Waals surface area contributed by atoms with Crippen LogP contribution in [-0.2, 0) is 9.59 Å². The molecular formula is C12H11N5O4S. The molecule has 0 aromatic carbocycles. The predicted molar refractivity (Wildman–Crippen MR) is 79.4 cm³/mol. The van der Waals surface area contributed by atoms with Gasteiger partial charge in [0.2, 0.25) is 0 Å². The minimum Gasteiger partial charge on any atom is -0.478 e. The van der Waals surface area contributed by atoms with Crippen molar-refractivity contribution in [3.05, 3.63) is 35.7 Å². The number of aromatic amines is 1. The Kier molecular flexibility index (Phi) is 4.41. The van der Waals surface area contributed by atoms with E-state index in [0.717, 1.165) is 17.8 Å². The number of amides is 2. The van der Waals surface area contributed by atoms with Crippen LogP contribution in [0.25, 0.3) is 0 Å². The van der Waals surface area contributed by atoms with Crippen LogP contribution in [-0.4, -0.2) is 49.5 Å². The number of rotatable bonds is 5. The molecule has 2 rings (SSSR count). The third kappa shape index (κ3) is 3.06. The van der Waals surface area contributed by atoms with Gasteiger partial charge < -0.3 is 15.8 Å². The Morgan fingerprint density at radius 3 is 2.91 bits per heavy atom. The second kappa shape index (κ2) is 6.26. The molecule has 114 valence electrons. The van der Waals surface area contributed by atoms with Gasteiger partial charge in [0, 0.05) is 12.6 Å². The summed E-state index contributed by atoms with van der Waals surface area (Å²) in [4.78, 5) is 45.8. The van der Waals surface area contributed by atoms with Gasteiger partial charge in [0.15, 0.2) is 16.7 Å². The maximum atomic E-state index is 12.1. The Morgan fingerprint density at radius 1 is 1.59 bits per heavy atom. The molecule has 0 bridgehead atoms. The minimum atomic E-state index is -1.24. The van der Waals surface area contributed by atoms with Crippen LogP contribution in [0, 0.1) is 0 Å². The van der Waals surface area contributed by atoms with Crippen molar-refractivity contribution in [2.45, 2.75) is 0 Å². The summed E-state index contributed by atoms with van der Waals surface area (Å²) in [7, 11) is 0. The number of aliphatic carboxylic acids is 1. The number of carbonyl (C=O) groups is 3. The van der Waals surface area contributed by atoms with Gasteiger partial charge in [-0.25, -0.2) is 14.8 Å². The number of H-pyrrole nitrogens is 1. The van der Waals surface area contributed by atoms with Crippen LogP contribution in [0.4, 0.5) is 5.82 Å². The number of carboxylic acid groups (broad SMARTS) is 1. The van der Waals surface area contributed by atoms with Gasteiger partial charge in [0.1, 0.15) is 0 Å². The molecule has 0 aliphatic carbocycles. The van der Waals surface area contributed by atoms with Crippen molar-refractivity contribution >= 4 is 40.5 Å². The zero-order valence-corrected chi connectivity index (χ0v) is 12.0. The summed E-state index contributed by atoms with van der Waals surface area (Å²) in [5.74, 6) is -2.48. The van der Waals surface area contributed by atoms with Gasteiger partial charge in [-0.2, -0.15) is 0 Å². The Balaban J connectivity index is 2.43. The first-order chi connectivity index (χ1) is 10.4. The lowest BCUT2D eigenvalue weighted by Gasteiger charge is -2.12. The highest BCUT2D eigenvalue weighted by molar-refractivity contribution is 8.18. The van der Waals surface area contributed by atoms with Crippen molar-refractivity contribution in [3.63, 3.8) is 0 Å². The monoisotopic (exact) mass is 321 g/mol. The van der Waals surface area contributed by atoms with E-state index in [1.807, 2.05) is 0 Å². The Labute approximate surface area is 128 Å². The number of aliphatic imine (C=N–C) groups is 1. The number of primary amides is 1. The van der Waals surface area contributed by atoms with Crippen molar-refractivity contribution in [1.82, 2.24) is 14.9 Å². The van der Waals surface area contributed by atoms with E-state index in [9.17, 15) is 14.4 Å². The molecule has 1 aromatic rings. The molecule has 1 saturated heterocycles. The second-order valence-electron chi connectivity index (χ2n) is 4.01. The standard InChI is InChI=1S/C12H11N5O4S/c1-2-3-17-11(21)6(4-7(18)19)22-12(17)16-10-8(9(13)20)14-5-15-10/h2,4-5H,1,3H2,(H2,13,20)(H,14,15)(H,18,19). The van der Waals surface area contributed by atoms with Crippen LogP contribution >= 0.6 is 11.8 Å². The van der Waals surface area contributed by atoms with Gasteiger partial charge in [-0.15, -0.1) is 6.58 Å². The van der Waals surface area contributed by atoms with Crippen LogP contribution in [0.3, 0.4) is 0 Å². The first-order valence-electron chi connectivity index (χ1n) is 5.91. The number of imidazole rings is 1. The fourth-order valence-corrected chi connectivity index (χ4v) is 2.59. The molecule has 4 N–H and O–H groups in total. The zero-order chi connectivity index (χ0) is 16.3. The van der Waals surface area contributed by atoms with Crippen LogP contribution in [0.15, 0.2) is 35.0 Å². The number of hydrogen-bond acceptors (Lipinski definition) is 6. The lowest BCUT2D eigenvalue weighted by molar-refractivity contribution is -0.132. The largest absolute Gasteiger partial charge is 0.478 e. The van der Waals surface area contributed by atoms with Crippen molar-refractivity contribution in [3.8, 4) is 0 Å². The van der Waals surface area contributed by atoms with E-state index in [2.05, 4.69) is 21.5 Å². The molecule has 0 radical (unpaired) electrons. The summed E-state index contributed by atoms with van der Waals surface area (Å²) in [5.41, 5.74) is 5.17. The van der Waals surface area contributed by atoms with Crippen LogP contribution < -0.4 is 5.73 Å². The highest BCUT2D eigenvalue weighted by Crippen LogP contribution is 2.32.